The maximum atomic E-state index is 11.1. The van der Waals surface area contributed by atoms with E-state index < -0.39 is 7.82 Å². The van der Waals surface area contributed by atoms with Crippen molar-refractivity contribution in [2.75, 3.05) is 40.9 Å². The Bertz CT molecular complexity index is 224. The number of hydrogen-bond donors (Lipinski definition) is 1. The van der Waals surface area contributed by atoms with E-state index in [0.29, 0.717) is 11.0 Å². The minimum Gasteiger partial charge on any atom is -0.329 e. The molecule has 0 aliphatic rings. The summed E-state index contributed by atoms with van der Waals surface area (Å²) in [6.07, 6.45) is 1.39. The third-order valence-corrected chi connectivity index (χ3v) is 2.36. The van der Waals surface area contributed by atoms with Gasteiger partial charge in [0.1, 0.15) is 13.2 Å². The van der Waals surface area contributed by atoms with Crippen LogP contribution in [0.1, 0.15) is 0 Å². The van der Waals surface area contributed by atoms with Crippen molar-refractivity contribution in [3.05, 3.63) is 12.7 Å². The zero-order valence-corrected chi connectivity index (χ0v) is 9.87. The molecule has 0 aliphatic carbocycles. The van der Waals surface area contributed by atoms with Crippen LogP contribution in [0.15, 0.2) is 12.7 Å². The number of likely N-dealkylation sites (N-methyl/N-ethyl adjacent to an activating group) is 1. The molecule has 84 valence electrons. The lowest BCUT2D eigenvalue weighted by atomic mass is 10.5. The van der Waals surface area contributed by atoms with Crippen molar-refractivity contribution in [2.24, 2.45) is 0 Å². The summed E-state index contributed by atoms with van der Waals surface area (Å²) in [5.41, 5.74) is 0. The Morgan fingerprint density at radius 1 is 1.43 bits per heavy atom. The Hall–Kier alpha value is -0.190. The minimum absolute atomic E-state index is 0.0121. The van der Waals surface area contributed by atoms with Crippen LogP contribution in [0.5, 0.6) is 0 Å². The number of nitrogens with zero attached hydrogens (tertiary/aromatic N) is 1. The van der Waals surface area contributed by atoms with Crippen LogP contribution < -0.4 is 0 Å². The van der Waals surface area contributed by atoms with Gasteiger partial charge in [0.15, 0.2) is 0 Å². The zero-order chi connectivity index (χ0) is 11.2. The lowest BCUT2D eigenvalue weighted by Gasteiger charge is -2.23. The molecule has 1 atom stereocenters. The van der Waals surface area contributed by atoms with Crippen molar-refractivity contribution in [3.8, 4) is 0 Å². The predicted molar refractivity (Wildman–Crippen MR) is 54.8 cm³/mol. The maximum absolute atomic E-state index is 11.1. The van der Waals surface area contributed by atoms with Crippen molar-refractivity contribution in [3.63, 3.8) is 0 Å². The molecular weight excluding hydrogens is 205 g/mol. The first kappa shape index (κ1) is 13.8. The molecule has 0 fully saturated rings. The first-order chi connectivity index (χ1) is 6.27. The van der Waals surface area contributed by atoms with E-state index in [1.54, 1.807) is 0 Å². The van der Waals surface area contributed by atoms with E-state index in [0.717, 1.165) is 0 Å². The normalized spacial score (nSPS) is 16.3. The predicted octanol–water partition coefficient (Wildman–Crippen LogP) is 1.01. The Kier molecular flexibility index (Phi) is 5.56. The van der Waals surface area contributed by atoms with Crippen LogP contribution in [0, 0.1) is 0 Å². The quantitative estimate of drug-likeness (QED) is 0.398. The van der Waals surface area contributed by atoms with Crippen LogP contribution in [-0.4, -0.2) is 50.3 Å². The minimum atomic E-state index is -3.88. The zero-order valence-electron chi connectivity index (χ0n) is 8.97. The highest BCUT2D eigenvalue weighted by Crippen LogP contribution is 2.42. The summed E-state index contributed by atoms with van der Waals surface area (Å²) >= 11 is 0. The summed E-state index contributed by atoms with van der Waals surface area (Å²) in [5.74, 6) is 0. The van der Waals surface area contributed by atoms with E-state index in [-0.39, 0.29) is 13.2 Å². The Morgan fingerprint density at radius 2 is 2.00 bits per heavy atom. The van der Waals surface area contributed by atoms with Gasteiger partial charge in [-0.15, -0.1) is 6.58 Å². The van der Waals surface area contributed by atoms with Crippen LogP contribution in [0.25, 0.3) is 0 Å². The van der Waals surface area contributed by atoms with Crippen molar-refractivity contribution < 1.29 is 23.0 Å². The monoisotopic (exact) mass is 224 g/mol. The molecule has 0 rings (SSSR count). The lowest BCUT2D eigenvalue weighted by Crippen LogP contribution is -2.37. The largest absolute Gasteiger partial charge is 0.472 e. The average molecular weight is 224 g/mol. The third kappa shape index (κ3) is 8.41. The molecular formula is C8H19NO4P+. The first-order valence-electron chi connectivity index (χ1n) is 4.30. The Balaban J connectivity index is 3.76. The molecule has 0 aromatic carbocycles. The molecule has 14 heavy (non-hydrogen) atoms. The number of hydrogen-bond acceptors (Lipinski definition) is 3. The molecule has 1 unspecified atom stereocenters. The van der Waals surface area contributed by atoms with Crippen LogP contribution in [0.2, 0.25) is 0 Å². The molecule has 1 N–H and O–H groups in total. The number of quaternary nitrogens is 1. The van der Waals surface area contributed by atoms with E-state index in [1.807, 2.05) is 21.1 Å². The van der Waals surface area contributed by atoms with Gasteiger partial charge in [-0.05, 0) is 0 Å². The van der Waals surface area contributed by atoms with Crippen molar-refractivity contribution in [1.29, 1.82) is 0 Å². The summed E-state index contributed by atoms with van der Waals surface area (Å²) < 4.78 is 21.1. The second kappa shape index (κ2) is 5.63. The van der Waals surface area contributed by atoms with E-state index in [4.69, 9.17) is 9.42 Å². The fourth-order valence-electron chi connectivity index (χ4n) is 0.614. The van der Waals surface area contributed by atoms with Gasteiger partial charge < -0.3 is 9.38 Å². The van der Waals surface area contributed by atoms with Gasteiger partial charge in [0, 0.05) is 0 Å². The van der Waals surface area contributed by atoms with Crippen LogP contribution in [0.4, 0.5) is 0 Å². The van der Waals surface area contributed by atoms with E-state index in [1.165, 1.54) is 6.08 Å². The van der Waals surface area contributed by atoms with Crippen molar-refractivity contribution in [1.82, 2.24) is 0 Å². The van der Waals surface area contributed by atoms with Gasteiger partial charge in [-0.1, -0.05) is 6.08 Å². The Morgan fingerprint density at radius 3 is 2.43 bits per heavy atom. The molecule has 6 heteroatoms. The topological polar surface area (TPSA) is 55.8 Å². The van der Waals surface area contributed by atoms with E-state index >= 15 is 0 Å². The van der Waals surface area contributed by atoms with Gasteiger partial charge in [0.2, 0.25) is 0 Å². The van der Waals surface area contributed by atoms with Gasteiger partial charge in [-0.2, -0.15) is 0 Å². The molecule has 5 nitrogen and oxygen atoms in total. The smallest absolute Gasteiger partial charge is 0.329 e. The van der Waals surface area contributed by atoms with Crippen LogP contribution in [-0.2, 0) is 13.6 Å². The molecule has 0 saturated carbocycles. The molecule has 0 spiro atoms. The average Bonchev–Trinajstić information content (AvgIpc) is 1.98. The number of rotatable bonds is 7. The van der Waals surface area contributed by atoms with Crippen molar-refractivity contribution in [2.45, 2.75) is 0 Å². The molecule has 0 saturated heterocycles. The van der Waals surface area contributed by atoms with Gasteiger partial charge >= 0.3 is 7.82 Å². The summed E-state index contributed by atoms with van der Waals surface area (Å²) in [6.45, 7) is 4.21. The van der Waals surface area contributed by atoms with Gasteiger partial charge in [-0.25, -0.2) is 4.57 Å². The summed E-state index contributed by atoms with van der Waals surface area (Å²) in [4.78, 5) is 9.10. The van der Waals surface area contributed by atoms with Gasteiger partial charge in [0.05, 0.1) is 27.7 Å². The van der Waals surface area contributed by atoms with Gasteiger partial charge in [0.25, 0.3) is 0 Å². The highest BCUT2D eigenvalue weighted by Gasteiger charge is 2.21. The SMILES string of the molecule is C=CCOP(=O)(O)OCC[N+](C)(C)C. The summed E-state index contributed by atoms with van der Waals surface area (Å²) in [5, 5.41) is 0. The fourth-order valence-corrected chi connectivity index (χ4v) is 1.29. The molecule has 0 bridgehead atoms. The third-order valence-electron chi connectivity index (χ3n) is 1.37. The highest BCUT2D eigenvalue weighted by molar-refractivity contribution is 7.47. The second-order valence-electron chi connectivity index (χ2n) is 3.90. The van der Waals surface area contributed by atoms with Gasteiger partial charge in [-0.3, -0.25) is 9.05 Å². The highest BCUT2D eigenvalue weighted by atomic mass is 31.2. The fraction of sp³-hybridized carbons (Fsp3) is 0.750. The van der Waals surface area contributed by atoms with Crippen molar-refractivity contribution >= 4 is 7.82 Å². The second-order valence-corrected chi connectivity index (χ2v) is 5.35. The first-order valence-corrected chi connectivity index (χ1v) is 5.79. The standard InChI is InChI=1S/C8H18NO4P/c1-5-7-12-14(10,11)13-8-6-9(2,3)4/h5H,1,6-8H2,2-4H3/p+1. The van der Waals surface area contributed by atoms with E-state index in [9.17, 15) is 4.57 Å². The number of phosphoric ester groups is 1. The maximum Gasteiger partial charge on any atom is 0.472 e. The number of phosphoric acid groups is 1. The molecule has 0 aromatic heterocycles. The molecule has 0 aromatic rings. The molecule has 0 radical (unpaired) electrons. The Labute approximate surface area is 85.1 Å². The van der Waals surface area contributed by atoms with E-state index in [2.05, 4.69) is 11.1 Å². The summed E-state index contributed by atoms with van der Waals surface area (Å²) in [6, 6.07) is 0. The summed E-state index contributed by atoms with van der Waals surface area (Å²) in [7, 11) is 2.03. The lowest BCUT2D eigenvalue weighted by molar-refractivity contribution is -0.870. The van der Waals surface area contributed by atoms with Crippen LogP contribution >= 0.6 is 7.82 Å². The molecule has 0 aliphatic heterocycles. The molecule has 0 amide bonds. The van der Waals surface area contributed by atoms with Crippen LogP contribution in [0.3, 0.4) is 0 Å². The molecule has 0 heterocycles.